The minimum Gasteiger partial charge on any atom is -0.497 e. The molecule has 1 aliphatic heterocycles. The second kappa shape index (κ2) is 10.2. The SMILES string of the molecule is COc1ccc(-c2nc(S(=O)(=O)c3ccc(C)cc3)c(N3CCN(c4ccc(OC)cc4)CC3)o2)cc1. The summed E-state index contributed by atoms with van der Waals surface area (Å²) in [5, 5.41) is -0.0694. The van der Waals surface area contributed by atoms with Crippen LogP contribution in [0.3, 0.4) is 0 Å². The van der Waals surface area contributed by atoms with Crippen molar-refractivity contribution in [3.63, 3.8) is 0 Å². The normalized spacial score (nSPS) is 14.0. The summed E-state index contributed by atoms with van der Waals surface area (Å²) in [5.74, 6) is 2.01. The zero-order chi connectivity index (χ0) is 26.0. The Hall–Kier alpha value is -3.98. The molecule has 0 amide bonds. The molecule has 0 aliphatic carbocycles. The van der Waals surface area contributed by atoms with Crippen LogP contribution in [0.4, 0.5) is 11.6 Å². The third-order valence-corrected chi connectivity index (χ3v) is 8.17. The summed E-state index contributed by atoms with van der Waals surface area (Å²) >= 11 is 0. The van der Waals surface area contributed by atoms with Gasteiger partial charge in [0.05, 0.1) is 19.1 Å². The van der Waals surface area contributed by atoms with Crippen LogP contribution in [-0.2, 0) is 9.84 Å². The van der Waals surface area contributed by atoms with Crippen molar-refractivity contribution in [3.8, 4) is 23.0 Å². The molecule has 0 bridgehead atoms. The fourth-order valence-electron chi connectivity index (χ4n) is 4.32. The fraction of sp³-hybridized carbons (Fsp3) is 0.250. The predicted octanol–water partition coefficient (Wildman–Crippen LogP) is 4.83. The lowest BCUT2D eigenvalue weighted by Crippen LogP contribution is -2.46. The van der Waals surface area contributed by atoms with Gasteiger partial charge in [0.15, 0.2) is 0 Å². The van der Waals surface area contributed by atoms with Crippen LogP contribution in [0.5, 0.6) is 11.5 Å². The summed E-state index contributed by atoms with van der Waals surface area (Å²) in [4.78, 5) is 8.91. The van der Waals surface area contributed by atoms with Crippen LogP contribution in [0, 0.1) is 6.92 Å². The summed E-state index contributed by atoms with van der Waals surface area (Å²) in [5.41, 5.74) is 2.74. The third kappa shape index (κ3) is 4.99. The van der Waals surface area contributed by atoms with E-state index in [0.717, 1.165) is 17.0 Å². The molecule has 1 saturated heterocycles. The van der Waals surface area contributed by atoms with Crippen molar-refractivity contribution >= 4 is 21.4 Å². The summed E-state index contributed by atoms with van der Waals surface area (Å²) in [6, 6.07) is 21.9. The van der Waals surface area contributed by atoms with E-state index >= 15 is 0 Å². The van der Waals surface area contributed by atoms with Crippen LogP contribution in [-0.4, -0.2) is 53.8 Å². The van der Waals surface area contributed by atoms with Crippen molar-refractivity contribution in [2.75, 3.05) is 50.2 Å². The third-order valence-electron chi connectivity index (χ3n) is 6.51. The Balaban J connectivity index is 1.47. The molecule has 0 saturated carbocycles. The van der Waals surface area contributed by atoms with Gasteiger partial charge >= 0.3 is 0 Å². The van der Waals surface area contributed by atoms with Gasteiger partial charge in [-0.3, -0.25) is 0 Å². The minimum atomic E-state index is -3.91. The molecular weight excluding hydrogens is 490 g/mol. The number of rotatable bonds is 7. The number of sulfone groups is 1. The number of piperazine rings is 1. The number of benzene rings is 3. The van der Waals surface area contributed by atoms with E-state index in [1.807, 2.05) is 36.1 Å². The first-order valence-electron chi connectivity index (χ1n) is 12.0. The Morgan fingerprint density at radius 3 is 1.86 bits per heavy atom. The number of methoxy groups -OCH3 is 2. The first-order valence-corrected chi connectivity index (χ1v) is 13.5. The second-order valence-electron chi connectivity index (χ2n) is 8.85. The Kier molecular flexibility index (Phi) is 6.80. The van der Waals surface area contributed by atoms with Gasteiger partial charge in [0.25, 0.3) is 0 Å². The lowest BCUT2D eigenvalue weighted by atomic mass is 10.2. The predicted molar refractivity (Wildman–Crippen MR) is 143 cm³/mol. The maximum Gasteiger partial charge on any atom is 0.236 e. The zero-order valence-electron chi connectivity index (χ0n) is 21.0. The van der Waals surface area contributed by atoms with E-state index in [0.29, 0.717) is 37.5 Å². The number of ether oxygens (including phenoxy) is 2. The van der Waals surface area contributed by atoms with Crippen molar-refractivity contribution in [1.82, 2.24) is 4.98 Å². The van der Waals surface area contributed by atoms with Crippen molar-refractivity contribution in [3.05, 3.63) is 78.4 Å². The Morgan fingerprint density at radius 2 is 1.30 bits per heavy atom. The number of nitrogens with zero attached hydrogens (tertiary/aromatic N) is 3. The molecule has 0 unspecified atom stereocenters. The highest BCUT2D eigenvalue weighted by molar-refractivity contribution is 7.91. The van der Waals surface area contributed by atoms with E-state index in [1.165, 1.54) is 0 Å². The first-order chi connectivity index (χ1) is 17.9. The Labute approximate surface area is 217 Å². The quantitative estimate of drug-likeness (QED) is 0.343. The highest BCUT2D eigenvalue weighted by atomic mass is 32.2. The first kappa shape index (κ1) is 24.7. The maximum absolute atomic E-state index is 13.7. The number of hydrogen-bond donors (Lipinski definition) is 0. The van der Waals surface area contributed by atoms with Crippen LogP contribution in [0.1, 0.15) is 5.56 Å². The summed E-state index contributed by atoms with van der Waals surface area (Å²) in [6.07, 6.45) is 0. The molecular formula is C28H29N3O5S. The number of oxazole rings is 1. The van der Waals surface area contributed by atoms with E-state index in [4.69, 9.17) is 13.9 Å². The molecule has 9 heteroatoms. The smallest absolute Gasteiger partial charge is 0.236 e. The van der Waals surface area contributed by atoms with Gasteiger partial charge in [0, 0.05) is 37.4 Å². The molecule has 0 atom stereocenters. The van der Waals surface area contributed by atoms with Gasteiger partial charge in [-0.05, 0) is 67.6 Å². The average molecular weight is 520 g/mol. The van der Waals surface area contributed by atoms with E-state index in [1.54, 1.807) is 62.8 Å². The summed E-state index contributed by atoms with van der Waals surface area (Å²) in [7, 11) is -0.668. The van der Waals surface area contributed by atoms with Gasteiger partial charge in [0.1, 0.15) is 11.5 Å². The molecule has 0 spiro atoms. The highest BCUT2D eigenvalue weighted by Crippen LogP contribution is 2.36. The molecule has 4 aromatic rings. The van der Waals surface area contributed by atoms with Crippen LogP contribution in [0.15, 0.2) is 87.1 Å². The zero-order valence-corrected chi connectivity index (χ0v) is 21.9. The monoisotopic (exact) mass is 519 g/mol. The van der Waals surface area contributed by atoms with Crippen molar-refractivity contribution in [1.29, 1.82) is 0 Å². The van der Waals surface area contributed by atoms with Gasteiger partial charge < -0.3 is 23.7 Å². The number of anilines is 2. The molecule has 1 fully saturated rings. The summed E-state index contributed by atoms with van der Waals surface area (Å²) in [6.45, 7) is 4.49. The molecule has 5 rings (SSSR count). The number of aryl methyl sites for hydroxylation is 1. The van der Waals surface area contributed by atoms with Gasteiger partial charge in [0.2, 0.25) is 26.6 Å². The van der Waals surface area contributed by atoms with Crippen molar-refractivity contribution in [2.45, 2.75) is 16.8 Å². The van der Waals surface area contributed by atoms with E-state index < -0.39 is 9.84 Å². The van der Waals surface area contributed by atoms with Crippen LogP contribution >= 0.6 is 0 Å². The molecule has 3 aromatic carbocycles. The van der Waals surface area contributed by atoms with Crippen molar-refractivity contribution in [2.24, 2.45) is 0 Å². The topological polar surface area (TPSA) is 85.1 Å². The molecule has 8 nitrogen and oxygen atoms in total. The average Bonchev–Trinajstić information content (AvgIpc) is 3.40. The maximum atomic E-state index is 13.7. The molecule has 1 aromatic heterocycles. The Bertz CT molecular complexity index is 1460. The fourth-order valence-corrected chi connectivity index (χ4v) is 5.64. The summed E-state index contributed by atoms with van der Waals surface area (Å²) < 4.78 is 44.1. The molecule has 0 N–H and O–H groups in total. The van der Waals surface area contributed by atoms with Crippen LogP contribution in [0.25, 0.3) is 11.5 Å². The van der Waals surface area contributed by atoms with Crippen LogP contribution in [0.2, 0.25) is 0 Å². The standard InChI is InChI=1S/C28H29N3O5S/c1-20-4-14-25(15-5-20)37(32,33)27-28(36-26(29-27)21-6-10-23(34-2)11-7-21)31-18-16-30(17-19-31)22-8-12-24(35-3)13-9-22/h4-15H,16-19H2,1-3H3. The number of hydrogen-bond acceptors (Lipinski definition) is 8. The highest BCUT2D eigenvalue weighted by Gasteiger charge is 2.33. The lowest BCUT2D eigenvalue weighted by Gasteiger charge is -2.36. The molecule has 1 aliphatic rings. The van der Waals surface area contributed by atoms with Crippen molar-refractivity contribution < 1.29 is 22.3 Å². The van der Waals surface area contributed by atoms with Gasteiger partial charge in [-0.15, -0.1) is 0 Å². The molecule has 37 heavy (non-hydrogen) atoms. The van der Waals surface area contributed by atoms with Gasteiger partial charge in [-0.1, -0.05) is 17.7 Å². The second-order valence-corrected chi connectivity index (χ2v) is 10.7. The molecule has 2 heterocycles. The van der Waals surface area contributed by atoms with E-state index in [-0.39, 0.29) is 21.7 Å². The largest absolute Gasteiger partial charge is 0.497 e. The lowest BCUT2D eigenvalue weighted by molar-refractivity contribution is 0.414. The van der Waals surface area contributed by atoms with Gasteiger partial charge in [-0.25, -0.2) is 8.42 Å². The van der Waals surface area contributed by atoms with Crippen LogP contribution < -0.4 is 19.3 Å². The van der Waals surface area contributed by atoms with Gasteiger partial charge in [-0.2, -0.15) is 4.98 Å². The molecule has 192 valence electrons. The molecule has 0 radical (unpaired) electrons. The van der Waals surface area contributed by atoms with E-state index in [2.05, 4.69) is 9.88 Å². The number of aromatic nitrogens is 1. The van der Waals surface area contributed by atoms with E-state index in [9.17, 15) is 8.42 Å². The minimum absolute atomic E-state index is 0.0694. The Morgan fingerprint density at radius 1 is 0.757 bits per heavy atom.